The number of hydrogen-bond acceptors (Lipinski definition) is 4. The minimum absolute atomic E-state index is 0.176. The molecule has 2 fully saturated rings. The van der Waals surface area contributed by atoms with Gasteiger partial charge in [0.05, 0.1) is 5.41 Å². The van der Waals surface area contributed by atoms with Gasteiger partial charge < -0.3 is 4.90 Å². The van der Waals surface area contributed by atoms with Crippen LogP contribution in [0.15, 0.2) is 48.5 Å². The van der Waals surface area contributed by atoms with Crippen molar-refractivity contribution in [2.45, 2.75) is 56.7 Å². The van der Waals surface area contributed by atoms with Gasteiger partial charge in [-0.3, -0.25) is 24.6 Å². The first-order valence-electron chi connectivity index (χ1n) is 11.7. The molecule has 0 spiro atoms. The van der Waals surface area contributed by atoms with Crippen LogP contribution in [-0.4, -0.2) is 53.1 Å². The molecule has 5 rings (SSSR count). The van der Waals surface area contributed by atoms with Crippen molar-refractivity contribution < 1.29 is 23.2 Å². The predicted octanol–water partition coefficient (Wildman–Crippen LogP) is 3.25. The highest BCUT2D eigenvalue weighted by atomic mass is 19.3. The molecule has 6 nitrogen and oxygen atoms in total. The maximum atomic E-state index is 14.5. The Kier molecular flexibility index (Phi) is 5.93. The standard InChI is InChI=1S/C26H27F2N3O3/c27-25(28)26(10-12-30(13-11-26)15-17-4-2-1-3-5-17)19-6-7-20-18(14-19)16-31(24(20)34)21-8-9-22(32)29-23(21)33/h1-7,14,21,25H,8-13,15-16H2,(H,29,32,33). The largest absolute Gasteiger partial charge is 0.322 e. The van der Waals surface area contributed by atoms with Gasteiger partial charge in [0.2, 0.25) is 18.2 Å². The summed E-state index contributed by atoms with van der Waals surface area (Å²) in [4.78, 5) is 40.3. The van der Waals surface area contributed by atoms with Gasteiger partial charge in [0.15, 0.2) is 0 Å². The van der Waals surface area contributed by atoms with Crippen molar-refractivity contribution in [2.75, 3.05) is 13.1 Å². The zero-order valence-corrected chi connectivity index (χ0v) is 18.8. The van der Waals surface area contributed by atoms with Gasteiger partial charge in [-0.05, 0) is 55.1 Å². The number of carbonyl (C=O) groups excluding carboxylic acids is 3. The van der Waals surface area contributed by atoms with Crippen LogP contribution in [0.4, 0.5) is 8.78 Å². The Balaban J connectivity index is 1.34. The van der Waals surface area contributed by atoms with Crippen LogP contribution < -0.4 is 5.32 Å². The molecule has 0 aromatic heterocycles. The number of benzene rings is 2. The van der Waals surface area contributed by atoms with Crippen molar-refractivity contribution >= 4 is 17.7 Å². The molecule has 0 saturated carbocycles. The number of hydrogen-bond donors (Lipinski definition) is 1. The first kappa shape index (κ1) is 22.7. The Labute approximate surface area is 196 Å². The number of imide groups is 1. The second-order valence-corrected chi connectivity index (χ2v) is 9.49. The smallest absolute Gasteiger partial charge is 0.255 e. The number of carbonyl (C=O) groups is 3. The summed E-state index contributed by atoms with van der Waals surface area (Å²) in [6.45, 7) is 2.06. The summed E-state index contributed by atoms with van der Waals surface area (Å²) in [6, 6.07) is 14.3. The molecule has 178 valence electrons. The van der Waals surface area contributed by atoms with E-state index in [1.807, 2.05) is 30.3 Å². The first-order valence-corrected chi connectivity index (χ1v) is 11.7. The van der Waals surface area contributed by atoms with Gasteiger partial charge in [-0.15, -0.1) is 0 Å². The molecular formula is C26H27F2N3O3. The Morgan fingerprint density at radius 2 is 1.76 bits per heavy atom. The van der Waals surface area contributed by atoms with E-state index in [-0.39, 0.29) is 31.2 Å². The van der Waals surface area contributed by atoms with Crippen LogP contribution in [0.5, 0.6) is 0 Å². The SMILES string of the molecule is O=C1CCC(N2Cc3cc(C4(C(F)F)CCN(Cc5ccccc5)CC4)ccc3C2=O)C(=O)N1. The lowest BCUT2D eigenvalue weighted by Crippen LogP contribution is -2.52. The van der Waals surface area contributed by atoms with Crippen molar-refractivity contribution in [2.24, 2.45) is 0 Å². The van der Waals surface area contributed by atoms with Gasteiger partial charge in [-0.25, -0.2) is 8.78 Å². The highest BCUT2D eigenvalue weighted by Crippen LogP contribution is 2.42. The summed E-state index contributed by atoms with van der Waals surface area (Å²) in [5, 5.41) is 2.28. The van der Waals surface area contributed by atoms with E-state index >= 15 is 0 Å². The maximum Gasteiger partial charge on any atom is 0.255 e. The van der Waals surface area contributed by atoms with E-state index in [9.17, 15) is 23.2 Å². The minimum Gasteiger partial charge on any atom is -0.322 e. The van der Waals surface area contributed by atoms with Gasteiger partial charge >= 0.3 is 0 Å². The van der Waals surface area contributed by atoms with Gasteiger partial charge in [-0.2, -0.15) is 0 Å². The number of nitrogens with one attached hydrogen (secondary N) is 1. The minimum atomic E-state index is -2.52. The summed E-state index contributed by atoms with van der Waals surface area (Å²) in [5.74, 6) is -1.11. The molecule has 34 heavy (non-hydrogen) atoms. The maximum absolute atomic E-state index is 14.5. The summed E-state index contributed by atoms with van der Waals surface area (Å²) < 4.78 is 29.0. The predicted molar refractivity (Wildman–Crippen MR) is 121 cm³/mol. The molecule has 3 aliphatic rings. The van der Waals surface area contributed by atoms with Crippen LogP contribution in [0.1, 0.15) is 52.7 Å². The summed E-state index contributed by atoms with van der Waals surface area (Å²) in [6.07, 6.45) is -1.40. The molecule has 1 N–H and O–H groups in total. The number of halogens is 2. The molecule has 1 atom stereocenters. The number of nitrogens with zero attached hydrogens (tertiary/aromatic N) is 2. The van der Waals surface area contributed by atoms with Gasteiger partial charge in [0.1, 0.15) is 6.04 Å². The number of rotatable bonds is 5. The van der Waals surface area contributed by atoms with E-state index < -0.39 is 23.8 Å². The van der Waals surface area contributed by atoms with Crippen molar-refractivity contribution in [3.63, 3.8) is 0 Å². The molecule has 0 aliphatic carbocycles. The first-order chi connectivity index (χ1) is 16.4. The fourth-order valence-corrected chi connectivity index (χ4v) is 5.47. The number of amides is 3. The van der Waals surface area contributed by atoms with Crippen LogP contribution in [0.25, 0.3) is 0 Å². The Hall–Kier alpha value is -3.13. The summed E-state index contributed by atoms with van der Waals surface area (Å²) in [7, 11) is 0. The second kappa shape index (κ2) is 8.91. The fraction of sp³-hybridized carbons (Fsp3) is 0.423. The van der Waals surface area contributed by atoms with Crippen LogP contribution in [-0.2, 0) is 28.1 Å². The van der Waals surface area contributed by atoms with Gasteiger partial charge in [0, 0.05) is 25.1 Å². The second-order valence-electron chi connectivity index (χ2n) is 9.49. The van der Waals surface area contributed by atoms with E-state index in [1.54, 1.807) is 18.2 Å². The fourth-order valence-electron chi connectivity index (χ4n) is 5.47. The molecule has 0 radical (unpaired) electrons. The van der Waals surface area contributed by atoms with Crippen molar-refractivity contribution in [3.8, 4) is 0 Å². The van der Waals surface area contributed by atoms with E-state index in [4.69, 9.17) is 0 Å². The van der Waals surface area contributed by atoms with Crippen LogP contribution in [0, 0.1) is 0 Å². The topological polar surface area (TPSA) is 69.7 Å². The third-order valence-corrected chi connectivity index (χ3v) is 7.51. The summed E-state index contributed by atoms with van der Waals surface area (Å²) in [5.41, 5.74) is 1.57. The van der Waals surface area contributed by atoms with E-state index in [2.05, 4.69) is 10.2 Å². The van der Waals surface area contributed by atoms with E-state index in [1.165, 1.54) is 4.90 Å². The third kappa shape index (κ3) is 4.00. The average molecular weight is 468 g/mol. The van der Waals surface area contributed by atoms with Crippen molar-refractivity contribution in [1.29, 1.82) is 0 Å². The molecule has 3 heterocycles. The average Bonchev–Trinajstić information content (AvgIpc) is 3.16. The molecule has 8 heteroatoms. The number of fused-ring (bicyclic) bond motifs is 1. The third-order valence-electron chi connectivity index (χ3n) is 7.51. The zero-order chi connectivity index (χ0) is 23.9. The number of alkyl halides is 2. The quantitative estimate of drug-likeness (QED) is 0.686. The lowest BCUT2D eigenvalue weighted by Gasteiger charge is -2.42. The number of piperidine rings is 2. The molecule has 1 unspecified atom stereocenters. The summed E-state index contributed by atoms with van der Waals surface area (Å²) >= 11 is 0. The Bertz CT molecular complexity index is 1110. The molecule has 2 aromatic carbocycles. The lowest BCUT2D eigenvalue weighted by molar-refractivity contribution is -0.136. The van der Waals surface area contributed by atoms with Crippen LogP contribution in [0.3, 0.4) is 0 Å². The molecule has 0 bridgehead atoms. The Morgan fingerprint density at radius 3 is 2.44 bits per heavy atom. The van der Waals surface area contributed by atoms with Gasteiger partial charge in [0.25, 0.3) is 5.91 Å². The van der Waals surface area contributed by atoms with Gasteiger partial charge in [-0.1, -0.05) is 42.5 Å². The highest BCUT2D eigenvalue weighted by Gasteiger charge is 2.45. The van der Waals surface area contributed by atoms with E-state index in [0.717, 1.165) is 12.1 Å². The number of likely N-dealkylation sites (tertiary alicyclic amines) is 1. The highest BCUT2D eigenvalue weighted by molar-refractivity contribution is 6.05. The molecule has 3 aliphatic heterocycles. The monoisotopic (exact) mass is 467 g/mol. The zero-order valence-electron chi connectivity index (χ0n) is 18.8. The van der Waals surface area contributed by atoms with Crippen molar-refractivity contribution in [1.82, 2.24) is 15.1 Å². The molecular weight excluding hydrogens is 440 g/mol. The van der Waals surface area contributed by atoms with E-state index in [0.29, 0.717) is 42.6 Å². The molecule has 2 saturated heterocycles. The molecule has 2 aromatic rings. The van der Waals surface area contributed by atoms with Crippen LogP contribution in [0.2, 0.25) is 0 Å². The normalized spacial score (nSPS) is 22.7. The van der Waals surface area contributed by atoms with Crippen molar-refractivity contribution in [3.05, 3.63) is 70.8 Å². The molecule has 3 amide bonds. The lowest BCUT2D eigenvalue weighted by atomic mass is 9.72. The van der Waals surface area contributed by atoms with Crippen LogP contribution >= 0.6 is 0 Å². The Morgan fingerprint density at radius 1 is 1.03 bits per heavy atom.